The molecule has 0 saturated carbocycles. The van der Waals surface area contributed by atoms with E-state index in [4.69, 9.17) is 16.3 Å². The molecule has 28 heavy (non-hydrogen) atoms. The second-order valence-corrected chi connectivity index (χ2v) is 8.03. The summed E-state index contributed by atoms with van der Waals surface area (Å²) in [6, 6.07) is 8.21. The van der Waals surface area contributed by atoms with Crippen LogP contribution in [-0.2, 0) is 10.2 Å². The van der Waals surface area contributed by atoms with Crippen LogP contribution in [0.2, 0.25) is 5.02 Å². The predicted octanol–water partition coefficient (Wildman–Crippen LogP) is 3.66. The molecule has 2 saturated heterocycles. The number of benzene rings is 1. The highest BCUT2D eigenvalue weighted by molar-refractivity contribution is 14.0. The molecule has 0 amide bonds. The highest BCUT2D eigenvalue weighted by Crippen LogP contribution is 2.38. The molecular weight excluding hydrogens is 487 g/mol. The Morgan fingerprint density at radius 1 is 1.14 bits per heavy atom. The van der Waals surface area contributed by atoms with Gasteiger partial charge in [0, 0.05) is 50.3 Å². The van der Waals surface area contributed by atoms with E-state index in [1.807, 2.05) is 19.2 Å². The first kappa shape index (κ1) is 23.7. The quantitative estimate of drug-likeness (QED) is 0.342. The van der Waals surface area contributed by atoms with Crippen LogP contribution in [0.1, 0.15) is 37.7 Å². The molecule has 0 spiro atoms. The fraction of sp³-hybridized carbons (Fsp3) is 0.667. The maximum Gasteiger partial charge on any atom is 0.191 e. The molecule has 0 radical (unpaired) electrons. The Hall–Kier alpha value is -0.570. The minimum Gasteiger partial charge on any atom is -0.381 e. The van der Waals surface area contributed by atoms with E-state index in [1.165, 1.54) is 37.9 Å². The van der Waals surface area contributed by atoms with Gasteiger partial charge in [0.05, 0.1) is 0 Å². The second-order valence-electron chi connectivity index (χ2n) is 7.63. The van der Waals surface area contributed by atoms with E-state index < -0.39 is 0 Å². The highest BCUT2D eigenvalue weighted by atomic mass is 127. The van der Waals surface area contributed by atoms with Crippen LogP contribution >= 0.6 is 35.6 Å². The number of nitrogens with zero attached hydrogens (tertiary/aromatic N) is 2. The summed E-state index contributed by atoms with van der Waals surface area (Å²) in [6.45, 7) is 6.80. The van der Waals surface area contributed by atoms with Crippen molar-refractivity contribution in [2.45, 2.75) is 37.5 Å². The van der Waals surface area contributed by atoms with E-state index in [2.05, 4.69) is 32.7 Å². The van der Waals surface area contributed by atoms with Crippen LogP contribution in [-0.4, -0.2) is 63.8 Å². The Morgan fingerprint density at radius 2 is 1.86 bits per heavy atom. The number of aliphatic imine (C=N–C) groups is 1. The normalized spacial score (nSPS) is 20.3. The maximum absolute atomic E-state index is 6.55. The molecule has 158 valence electrons. The van der Waals surface area contributed by atoms with Crippen molar-refractivity contribution in [2.24, 2.45) is 4.99 Å². The molecule has 0 atom stereocenters. The SMILES string of the molecule is CN=C(NCCN1CCCCC1)NCC1(c2ccccc2Cl)CCOCC1.I. The molecule has 2 heterocycles. The third-order valence-corrected chi connectivity index (χ3v) is 6.21. The fourth-order valence-electron chi connectivity index (χ4n) is 4.18. The van der Waals surface area contributed by atoms with Gasteiger partial charge in [0.2, 0.25) is 0 Å². The molecule has 0 aliphatic carbocycles. The van der Waals surface area contributed by atoms with Gasteiger partial charge in [-0.25, -0.2) is 0 Å². The zero-order valence-corrected chi connectivity index (χ0v) is 20.0. The van der Waals surface area contributed by atoms with Gasteiger partial charge in [0.1, 0.15) is 0 Å². The third-order valence-electron chi connectivity index (χ3n) is 5.88. The van der Waals surface area contributed by atoms with Crippen molar-refractivity contribution in [3.8, 4) is 0 Å². The molecule has 5 nitrogen and oxygen atoms in total. The number of hydrogen-bond acceptors (Lipinski definition) is 3. The lowest BCUT2D eigenvalue weighted by atomic mass is 9.74. The predicted molar refractivity (Wildman–Crippen MR) is 128 cm³/mol. The standard InChI is InChI=1S/C21H33ClN4O.HI/c1-23-20(24-11-14-26-12-5-2-6-13-26)25-17-21(9-15-27-16-10-21)18-7-3-4-8-19(18)22;/h3-4,7-8H,2,5-6,9-17H2,1H3,(H2,23,24,25);1H. The van der Waals surface area contributed by atoms with Gasteiger partial charge in [-0.1, -0.05) is 36.2 Å². The van der Waals surface area contributed by atoms with Gasteiger partial charge in [-0.2, -0.15) is 0 Å². The average Bonchev–Trinajstić information content (AvgIpc) is 2.72. The van der Waals surface area contributed by atoms with Gasteiger partial charge >= 0.3 is 0 Å². The van der Waals surface area contributed by atoms with Gasteiger partial charge in [-0.05, 0) is 50.4 Å². The molecule has 2 N–H and O–H groups in total. The Kier molecular flexibility index (Phi) is 10.3. The molecule has 2 fully saturated rings. The van der Waals surface area contributed by atoms with Gasteiger partial charge < -0.3 is 20.3 Å². The van der Waals surface area contributed by atoms with Gasteiger partial charge in [-0.15, -0.1) is 24.0 Å². The molecule has 1 aromatic rings. The number of likely N-dealkylation sites (tertiary alicyclic amines) is 1. The number of piperidine rings is 1. The molecule has 7 heteroatoms. The van der Waals surface area contributed by atoms with Crippen molar-refractivity contribution in [2.75, 3.05) is 53.0 Å². The Balaban J connectivity index is 0.00000280. The summed E-state index contributed by atoms with van der Waals surface area (Å²) in [4.78, 5) is 6.95. The Bertz CT molecular complexity index is 616. The zero-order chi connectivity index (χ0) is 19.0. The summed E-state index contributed by atoms with van der Waals surface area (Å²) in [7, 11) is 1.84. The zero-order valence-electron chi connectivity index (χ0n) is 16.9. The van der Waals surface area contributed by atoms with E-state index in [-0.39, 0.29) is 29.4 Å². The summed E-state index contributed by atoms with van der Waals surface area (Å²) in [5.74, 6) is 0.866. The van der Waals surface area contributed by atoms with Crippen LogP contribution in [0.15, 0.2) is 29.3 Å². The van der Waals surface area contributed by atoms with Crippen molar-refractivity contribution >= 4 is 41.5 Å². The Morgan fingerprint density at radius 3 is 2.54 bits per heavy atom. The molecule has 3 rings (SSSR count). The molecule has 1 aromatic carbocycles. The van der Waals surface area contributed by atoms with Gasteiger partial charge in [0.25, 0.3) is 0 Å². The summed E-state index contributed by atoms with van der Waals surface area (Å²) in [6.07, 6.45) is 5.97. The molecule has 2 aliphatic rings. The minimum atomic E-state index is -0.0128. The molecule has 0 aromatic heterocycles. The molecule has 0 unspecified atom stereocenters. The van der Waals surface area contributed by atoms with E-state index in [0.29, 0.717) is 0 Å². The number of hydrogen-bond donors (Lipinski definition) is 2. The smallest absolute Gasteiger partial charge is 0.191 e. The van der Waals surface area contributed by atoms with Crippen LogP contribution < -0.4 is 10.6 Å². The first-order valence-electron chi connectivity index (χ1n) is 10.2. The highest BCUT2D eigenvalue weighted by Gasteiger charge is 2.36. The van der Waals surface area contributed by atoms with Crippen molar-refractivity contribution < 1.29 is 4.74 Å². The van der Waals surface area contributed by atoms with Crippen LogP contribution in [0.25, 0.3) is 0 Å². The first-order chi connectivity index (χ1) is 13.2. The first-order valence-corrected chi connectivity index (χ1v) is 10.6. The Labute approximate surface area is 191 Å². The monoisotopic (exact) mass is 520 g/mol. The van der Waals surface area contributed by atoms with Gasteiger partial charge in [0.15, 0.2) is 5.96 Å². The number of halogens is 2. The molecular formula is C21H34ClIN4O. The van der Waals surface area contributed by atoms with Crippen LogP contribution in [0.3, 0.4) is 0 Å². The number of rotatable bonds is 6. The largest absolute Gasteiger partial charge is 0.381 e. The lowest BCUT2D eigenvalue weighted by molar-refractivity contribution is 0.0514. The van der Waals surface area contributed by atoms with Crippen molar-refractivity contribution in [3.05, 3.63) is 34.9 Å². The summed E-state index contributed by atoms with van der Waals surface area (Å²) >= 11 is 6.55. The number of guanidine groups is 1. The summed E-state index contributed by atoms with van der Waals surface area (Å²) in [5.41, 5.74) is 1.20. The maximum atomic E-state index is 6.55. The van der Waals surface area contributed by atoms with Crippen LogP contribution in [0, 0.1) is 0 Å². The average molecular weight is 521 g/mol. The molecule has 2 aliphatic heterocycles. The summed E-state index contributed by atoms with van der Waals surface area (Å²) in [5, 5.41) is 7.86. The third kappa shape index (κ3) is 6.47. The van der Waals surface area contributed by atoms with Crippen molar-refractivity contribution in [1.29, 1.82) is 0 Å². The second kappa shape index (κ2) is 12.2. The van der Waals surface area contributed by atoms with Crippen LogP contribution in [0.5, 0.6) is 0 Å². The number of nitrogens with one attached hydrogen (secondary N) is 2. The van der Waals surface area contributed by atoms with Gasteiger partial charge in [-0.3, -0.25) is 4.99 Å². The topological polar surface area (TPSA) is 48.9 Å². The van der Waals surface area contributed by atoms with E-state index in [9.17, 15) is 0 Å². The number of ether oxygens (including phenoxy) is 1. The van der Waals surface area contributed by atoms with E-state index in [1.54, 1.807) is 0 Å². The van der Waals surface area contributed by atoms with Crippen LogP contribution in [0.4, 0.5) is 0 Å². The fourth-order valence-corrected chi connectivity index (χ4v) is 4.52. The lowest BCUT2D eigenvalue weighted by Gasteiger charge is -2.38. The van der Waals surface area contributed by atoms with E-state index >= 15 is 0 Å². The lowest BCUT2D eigenvalue weighted by Crippen LogP contribution is -2.49. The van der Waals surface area contributed by atoms with Crippen molar-refractivity contribution in [3.63, 3.8) is 0 Å². The van der Waals surface area contributed by atoms with Crippen molar-refractivity contribution in [1.82, 2.24) is 15.5 Å². The summed E-state index contributed by atoms with van der Waals surface area (Å²) < 4.78 is 5.63. The molecule has 0 bridgehead atoms. The van der Waals surface area contributed by atoms with E-state index in [0.717, 1.165) is 56.7 Å². The minimum absolute atomic E-state index is 0.